The fourth-order valence-corrected chi connectivity index (χ4v) is 11.4. The Balaban J connectivity index is 0.000000174. The smallest absolute Gasteiger partial charge is 0.357 e. The zero-order chi connectivity index (χ0) is 60.5. The normalized spacial score (nSPS) is 15.5. The molecule has 2 amide bonds. The van der Waals surface area contributed by atoms with Crippen molar-refractivity contribution in [3.63, 3.8) is 0 Å². The number of hydrazone groups is 2. The van der Waals surface area contributed by atoms with Crippen LogP contribution in [0, 0.1) is 0 Å². The molecule has 3 N–H and O–H groups in total. The number of carboxylic acids is 1. The average Bonchev–Trinajstić information content (AvgIpc) is 2.64. The lowest BCUT2D eigenvalue weighted by Crippen LogP contribution is -2.24. The van der Waals surface area contributed by atoms with Crippen LogP contribution in [0.2, 0.25) is 0 Å². The molecule has 0 unspecified atom stereocenters. The van der Waals surface area contributed by atoms with E-state index in [4.69, 9.17) is 0 Å². The third kappa shape index (κ3) is 12.7. The first-order valence-corrected chi connectivity index (χ1v) is 29.3. The van der Waals surface area contributed by atoms with Crippen molar-refractivity contribution in [1.29, 1.82) is 0 Å². The number of benzene rings is 9. The van der Waals surface area contributed by atoms with Crippen molar-refractivity contribution < 1.29 is 29.7 Å². The third-order valence-corrected chi connectivity index (χ3v) is 15.8. The van der Waals surface area contributed by atoms with Gasteiger partial charge in [-0.15, -0.1) is 0 Å². The number of para-hydroxylation sites is 2. The van der Waals surface area contributed by atoms with E-state index in [9.17, 15) is 29.7 Å². The molecule has 13 rings (SSSR count). The highest BCUT2D eigenvalue weighted by molar-refractivity contribution is 6.52. The van der Waals surface area contributed by atoms with E-state index in [1.165, 1.54) is 62.4 Å². The summed E-state index contributed by atoms with van der Waals surface area (Å²) in [5, 5.41) is 40.1. The lowest BCUT2D eigenvalue weighted by Gasteiger charge is -2.31. The van der Waals surface area contributed by atoms with Gasteiger partial charge in [0.1, 0.15) is 0 Å². The van der Waals surface area contributed by atoms with Gasteiger partial charge in [0.25, 0.3) is 11.8 Å². The molecule has 0 aliphatic carbocycles. The Morgan fingerprint density at radius 3 is 1.49 bits per heavy atom. The average molecular weight is 1160 g/mol. The van der Waals surface area contributed by atoms with Crippen LogP contribution in [0.25, 0.3) is 36.0 Å². The molecule has 0 spiro atoms. The molecule has 0 radical (unpaired) electrons. The molecule has 0 fully saturated rings. The lowest BCUT2D eigenvalue weighted by molar-refractivity contribution is -0.129. The van der Waals surface area contributed by atoms with Gasteiger partial charge < -0.3 is 25.1 Å². The number of aliphatic carboxylic acids is 1. The summed E-state index contributed by atoms with van der Waals surface area (Å²) in [6, 6.07) is 73.9. The second-order valence-corrected chi connectivity index (χ2v) is 21.7. The summed E-state index contributed by atoms with van der Waals surface area (Å²) in [7, 11) is 0. The number of carbonyl (C=O) groups is 3. The number of carboxylic acid groups (broad SMARTS) is 1. The largest absolute Gasteiger partial charge is 0.504 e. The molecular formula is C76H62N6O6. The second kappa shape index (κ2) is 25.9. The van der Waals surface area contributed by atoms with Crippen LogP contribution in [0.3, 0.4) is 0 Å². The Labute approximate surface area is 511 Å². The van der Waals surface area contributed by atoms with Crippen LogP contribution >= 0.6 is 0 Å². The van der Waals surface area contributed by atoms with Crippen LogP contribution in [0.1, 0.15) is 69.8 Å². The summed E-state index contributed by atoms with van der Waals surface area (Å²) in [6.45, 7) is 3.74. The first-order chi connectivity index (χ1) is 43.0. The van der Waals surface area contributed by atoms with E-state index in [-0.39, 0.29) is 28.7 Å². The molecule has 0 aromatic heterocycles. The van der Waals surface area contributed by atoms with Crippen molar-refractivity contribution in [2.75, 3.05) is 32.9 Å². The number of amides is 2. The maximum atomic E-state index is 13.1. The highest BCUT2D eigenvalue weighted by Gasteiger charge is 2.35. The maximum absolute atomic E-state index is 13.1. The standard InChI is InChI=1S/C42H33N3O3.C34H29N3O3/c46-41-37(40(42(47)48)43-45(41)36-18-8-3-9-19-36)20-10-12-30-23-26-39-34(28-30)17-11-27-44(39)35-24-21-31(22-25-35)29-38(32-13-4-1-5-14-32)33-15-6-2-7-16-33;1-23-30(34(40)37(35-23)29-7-3-2-4-8-29)21-26-13-17-31-27(20-26)6-5-19-36(31)28-15-11-24(12-16-28)9-10-25-14-18-32(38)33(39)22-25/h1-10,12-16,18-26,28-29H,11,17,27H2,(H,47,48);2-4,7-18,20-22,38-39H,5-6,19H2,1H3/b12-10+,37-20-;10-9+,30-21-. The van der Waals surface area contributed by atoms with E-state index in [1.54, 1.807) is 36.4 Å². The van der Waals surface area contributed by atoms with E-state index < -0.39 is 11.9 Å². The van der Waals surface area contributed by atoms with Gasteiger partial charge in [0.05, 0.1) is 28.2 Å². The van der Waals surface area contributed by atoms with Gasteiger partial charge >= 0.3 is 5.97 Å². The number of anilines is 6. The van der Waals surface area contributed by atoms with Crippen LogP contribution < -0.4 is 19.8 Å². The molecule has 0 bridgehead atoms. The number of hydrogen-bond donors (Lipinski definition) is 3. The molecular weight excluding hydrogens is 1090 g/mol. The van der Waals surface area contributed by atoms with Gasteiger partial charge in [-0.3, -0.25) is 9.59 Å². The minimum Gasteiger partial charge on any atom is -0.504 e. The number of phenolic OH excluding ortho intramolecular Hbond substituents is 2. The van der Waals surface area contributed by atoms with Crippen LogP contribution in [-0.4, -0.2) is 57.6 Å². The molecule has 4 aliphatic rings. The number of rotatable bonds is 13. The Morgan fingerprint density at radius 2 is 0.932 bits per heavy atom. The highest BCUT2D eigenvalue weighted by Crippen LogP contribution is 2.38. The van der Waals surface area contributed by atoms with E-state index in [1.807, 2.05) is 85.8 Å². The second-order valence-electron chi connectivity index (χ2n) is 21.7. The molecule has 12 nitrogen and oxygen atoms in total. The predicted octanol–water partition coefficient (Wildman–Crippen LogP) is 15.9. The Kier molecular flexibility index (Phi) is 16.8. The third-order valence-electron chi connectivity index (χ3n) is 15.8. The minimum atomic E-state index is -1.24. The highest BCUT2D eigenvalue weighted by atomic mass is 16.4. The van der Waals surface area contributed by atoms with Gasteiger partial charge in [0.15, 0.2) is 17.2 Å². The molecule has 4 aliphatic heterocycles. The fourth-order valence-electron chi connectivity index (χ4n) is 11.4. The SMILES string of the molecule is CC1=NN(c2ccccc2)C(=O)/C1=C\c1ccc2c(c1)CCCN2c1ccc(/C=C/c2ccc(O)c(O)c2)cc1.O=C(O)C1=NN(c2ccccc2)C(=O)/C1=C\C=C\c1ccc2c(c1)CCCN2c1ccc(C=C(c2ccccc2)c2ccccc2)cc1. The van der Waals surface area contributed by atoms with Gasteiger partial charge in [-0.2, -0.15) is 20.2 Å². The van der Waals surface area contributed by atoms with E-state index in [0.29, 0.717) is 17.0 Å². The van der Waals surface area contributed by atoms with Crippen molar-refractivity contribution in [2.45, 2.75) is 32.6 Å². The summed E-state index contributed by atoms with van der Waals surface area (Å²) >= 11 is 0. The van der Waals surface area contributed by atoms with E-state index in [0.717, 1.165) is 88.7 Å². The van der Waals surface area contributed by atoms with Gasteiger partial charge in [0.2, 0.25) is 0 Å². The van der Waals surface area contributed by atoms with Crippen molar-refractivity contribution in [1.82, 2.24) is 0 Å². The van der Waals surface area contributed by atoms with Gasteiger partial charge in [0, 0.05) is 35.8 Å². The van der Waals surface area contributed by atoms with E-state index in [2.05, 4.69) is 153 Å². The molecule has 432 valence electrons. The molecule has 9 aromatic rings. The zero-order valence-electron chi connectivity index (χ0n) is 48.4. The predicted molar refractivity (Wildman–Crippen MR) is 356 cm³/mol. The number of aryl methyl sites for hydroxylation is 2. The van der Waals surface area contributed by atoms with Crippen LogP contribution in [0.5, 0.6) is 11.5 Å². The Hall–Kier alpha value is -11.4. The summed E-state index contributed by atoms with van der Waals surface area (Å²) in [6.07, 6.45) is 17.2. The first kappa shape index (κ1) is 57.1. The molecule has 0 atom stereocenters. The molecule has 9 aromatic carbocycles. The number of aromatic hydroxyl groups is 2. The summed E-state index contributed by atoms with van der Waals surface area (Å²) in [5.41, 5.74) is 18.0. The minimum absolute atomic E-state index is 0.0460. The van der Waals surface area contributed by atoms with Crippen LogP contribution in [0.4, 0.5) is 34.1 Å². The Bertz CT molecular complexity index is 4260. The summed E-state index contributed by atoms with van der Waals surface area (Å²) in [4.78, 5) is 42.8. The Morgan fingerprint density at radius 1 is 0.466 bits per heavy atom. The lowest BCUT2D eigenvalue weighted by atomic mass is 9.95. The molecule has 0 saturated heterocycles. The van der Waals surface area contributed by atoms with Crippen molar-refractivity contribution in [3.05, 3.63) is 298 Å². The van der Waals surface area contributed by atoms with Gasteiger partial charge in [-0.05, 0) is 191 Å². The molecule has 88 heavy (non-hydrogen) atoms. The quantitative estimate of drug-likeness (QED) is 0.0587. The number of carbonyl (C=O) groups excluding carboxylic acids is 2. The fraction of sp³-hybridized carbons (Fsp3) is 0.0921. The van der Waals surface area contributed by atoms with Gasteiger partial charge in [-0.25, -0.2) is 4.79 Å². The zero-order valence-corrected chi connectivity index (χ0v) is 48.4. The maximum Gasteiger partial charge on any atom is 0.357 e. The number of phenols is 2. The molecule has 12 heteroatoms. The number of nitrogens with zero attached hydrogens (tertiary/aromatic N) is 6. The van der Waals surface area contributed by atoms with Crippen molar-refractivity contribution in [3.8, 4) is 11.5 Å². The number of fused-ring (bicyclic) bond motifs is 2. The van der Waals surface area contributed by atoms with Crippen LogP contribution in [-0.2, 0) is 27.2 Å². The van der Waals surface area contributed by atoms with E-state index >= 15 is 0 Å². The number of hydrogen-bond acceptors (Lipinski definition) is 9. The molecule has 4 heterocycles. The van der Waals surface area contributed by atoms with Gasteiger partial charge in [-0.1, -0.05) is 164 Å². The topological polar surface area (TPSA) is 150 Å². The van der Waals surface area contributed by atoms with Crippen LogP contribution in [0.15, 0.2) is 258 Å². The molecule has 0 saturated carbocycles. The monoisotopic (exact) mass is 1150 g/mol. The van der Waals surface area contributed by atoms with Crippen molar-refractivity contribution in [2.24, 2.45) is 10.2 Å². The first-order valence-electron chi connectivity index (χ1n) is 29.3. The summed E-state index contributed by atoms with van der Waals surface area (Å²) in [5.74, 6) is -2.08. The number of allylic oxidation sites excluding steroid dienone is 2. The summed E-state index contributed by atoms with van der Waals surface area (Å²) < 4.78 is 0. The van der Waals surface area contributed by atoms with Crippen molar-refractivity contribution >= 4 is 99.3 Å².